The van der Waals surface area contributed by atoms with Crippen molar-refractivity contribution < 1.29 is 8.73 Å². The number of fused-ring (bicyclic) bond motifs is 1. The third kappa shape index (κ3) is 4.66. The highest BCUT2D eigenvalue weighted by Gasteiger charge is 2.31. The molecule has 4 rings (SSSR count). The second-order valence-corrected chi connectivity index (χ2v) is 10.5. The quantitative estimate of drug-likeness (QED) is 0.383. The molecule has 32 heavy (non-hydrogen) atoms. The van der Waals surface area contributed by atoms with Gasteiger partial charge in [-0.15, -0.1) is 0 Å². The van der Waals surface area contributed by atoms with E-state index in [-0.39, 0.29) is 5.92 Å². The van der Waals surface area contributed by atoms with E-state index in [1.807, 2.05) is 56.3 Å². The van der Waals surface area contributed by atoms with Crippen LogP contribution in [0.15, 0.2) is 71.3 Å². The molecular weight excluding hydrogens is 418 g/mol. The Bertz CT molecular complexity index is 1250. The largest absolute Gasteiger partial charge is 0.356 e. The van der Waals surface area contributed by atoms with Crippen molar-refractivity contribution in [3.8, 4) is 11.3 Å². The zero-order valence-electron chi connectivity index (χ0n) is 18.7. The Hall–Kier alpha value is -2.83. The van der Waals surface area contributed by atoms with Crippen molar-refractivity contribution in [2.75, 3.05) is 0 Å². The number of pyridine rings is 1. The zero-order chi connectivity index (χ0) is 22.7. The van der Waals surface area contributed by atoms with E-state index in [0.717, 1.165) is 52.0 Å². The van der Waals surface area contributed by atoms with Gasteiger partial charge in [0.1, 0.15) is 5.69 Å². The molecule has 0 spiro atoms. The van der Waals surface area contributed by atoms with E-state index in [4.69, 9.17) is 14.6 Å². The van der Waals surface area contributed by atoms with Crippen LogP contribution in [0.4, 0.5) is 0 Å². The Labute approximate surface area is 191 Å². The summed E-state index contributed by atoms with van der Waals surface area (Å²) in [7, 11) is -1.45. The van der Waals surface area contributed by atoms with E-state index in [1.165, 1.54) is 0 Å². The SMILES string of the molecule is CCc1cccc(C[C@@H](CC(C)(C)S(N)=O)c2ccccc2-c2noc3ccccc23)n1. The highest BCUT2D eigenvalue weighted by atomic mass is 32.2. The number of hydrogen-bond donors (Lipinski definition) is 1. The molecule has 0 fully saturated rings. The highest BCUT2D eigenvalue weighted by molar-refractivity contribution is 7.84. The van der Waals surface area contributed by atoms with Gasteiger partial charge in [-0.3, -0.25) is 10.1 Å². The van der Waals surface area contributed by atoms with Crippen LogP contribution in [0.5, 0.6) is 0 Å². The maximum absolute atomic E-state index is 12.3. The van der Waals surface area contributed by atoms with Crippen molar-refractivity contribution in [3.63, 3.8) is 0 Å². The monoisotopic (exact) mass is 447 g/mol. The number of aromatic nitrogens is 2. The molecule has 0 aliphatic carbocycles. The summed E-state index contributed by atoms with van der Waals surface area (Å²) in [6.45, 7) is 6.02. The van der Waals surface area contributed by atoms with Gasteiger partial charge in [0.2, 0.25) is 0 Å². The molecule has 0 saturated heterocycles. The third-order valence-electron chi connectivity index (χ3n) is 6.00. The van der Waals surface area contributed by atoms with Gasteiger partial charge in [-0.1, -0.05) is 54.5 Å². The number of nitrogens with zero attached hydrogens (tertiary/aromatic N) is 2. The summed E-state index contributed by atoms with van der Waals surface area (Å²) in [6.07, 6.45) is 2.26. The minimum absolute atomic E-state index is 0.0590. The van der Waals surface area contributed by atoms with Gasteiger partial charge in [0.15, 0.2) is 5.58 Å². The summed E-state index contributed by atoms with van der Waals surface area (Å²) < 4.78 is 17.4. The number of para-hydroxylation sites is 1. The molecule has 166 valence electrons. The van der Waals surface area contributed by atoms with Crippen LogP contribution in [0.25, 0.3) is 22.2 Å². The maximum atomic E-state index is 12.3. The van der Waals surface area contributed by atoms with Crippen molar-refractivity contribution in [3.05, 3.63) is 83.7 Å². The molecule has 4 aromatic rings. The molecule has 2 atom stereocenters. The van der Waals surface area contributed by atoms with Crippen molar-refractivity contribution in [1.82, 2.24) is 10.1 Å². The lowest BCUT2D eigenvalue weighted by Crippen LogP contribution is -2.34. The van der Waals surface area contributed by atoms with Crippen LogP contribution in [0.3, 0.4) is 0 Å². The molecule has 0 bridgehead atoms. The molecular formula is C26H29N3O2S. The maximum Gasteiger partial charge on any atom is 0.167 e. The molecule has 2 heterocycles. The average molecular weight is 448 g/mol. The molecule has 6 heteroatoms. The molecule has 0 aliphatic rings. The van der Waals surface area contributed by atoms with E-state index in [2.05, 4.69) is 36.3 Å². The summed E-state index contributed by atoms with van der Waals surface area (Å²) in [6, 6.07) is 22.3. The van der Waals surface area contributed by atoms with Gasteiger partial charge >= 0.3 is 0 Å². The Balaban J connectivity index is 1.81. The average Bonchev–Trinajstić information content (AvgIpc) is 3.22. The number of aryl methyl sites for hydroxylation is 1. The summed E-state index contributed by atoms with van der Waals surface area (Å²) >= 11 is 0. The number of rotatable bonds is 8. The molecule has 2 N–H and O–H groups in total. The predicted octanol–water partition coefficient (Wildman–Crippen LogP) is 5.57. The second-order valence-electron chi connectivity index (χ2n) is 8.75. The normalized spacial score (nSPS) is 13.9. The first kappa shape index (κ1) is 22.4. The Morgan fingerprint density at radius 3 is 2.50 bits per heavy atom. The van der Waals surface area contributed by atoms with Crippen molar-refractivity contribution >= 4 is 22.0 Å². The first-order valence-electron chi connectivity index (χ1n) is 10.9. The molecule has 0 aliphatic heterocycles. The van der Waals surface area contributed by atoms with Crippen LogP contribution >= 0.6 is 0 Å². The summed E-state index contributed by atoms with van der Waals surface area (Å²) in [4.78, 5) is 4.83. The summed E-state index contributed by atoms with van der Waals surface area (Å²) in [5.74, 6) is 0.0590. The number of hydrogen-bond acceptors (Lipinski definition) is 4. The lowest BCUT2D eigenvalue weighted by atomic mass is 9.83. The van der Waals surface area contributed by atoms with Gasteiger partial charge in [-0.2, -0.15) is 0 Å². The van der Waals surface area contributed by atoms with E-state index in [1.54, 1.807) is 0 Å². The van der Waals surface area contributed by atoms with Crippen molar-refractivity contribution in [2.45, 2.75) is 50.7 Å². The molecule has 0 saturated carbocycles. The van der Waals surface area contributed by atoms with Crippen LogP contribution in [-0.4, -0.2) is 19.1 Å². The molecule has 1 unspecified atom stereocenters. The van der Waals surface area contributed by atoms with Crippen LogP contribution in [0.2, 0.25) is 0 Å². The number of nitrogens with two attached hydrogens (primary N) is 1. The Morgan fingerprint density at radius 1 is 1.00 bits per heavy atom. The molecule has 5 nitrogen and oxygen atoms in total. The van der Waals surface area contributed by atoms with Gasteiger partial charge in [0.05, 0.1) is 15.7 Å². The van der Waals surface area contributed by atoms with Gasteiger partial charge in [0, 0.05) is 22.3 Å². The van der Waals surface area contributed by atoms with Gasteiger partial charge in [0.25, 0.3) is 0 Å². The highest BCUT2D eigenvalue weighted by Crippen LogP contribution is 2.38. The van der Waals surface area contributed by atoms with E-state index < -0.39 is 15.7 Å². The fourth-order valence-electron chi connectivity index (χ4n) is 4.21. The second kappa shape index (κ2) is 9.35. The van der Waals surface area contributed by atoms with Crippen LogP contribution in [-0.2, 0) is 23.8 Å². The smallest absolute Gasteiger partial charge is 0.167 e. The predicted molar refractivity (Wildman–Crippen MR) is 131 cm³/mol. The minimum atomic E-state index is -1.45. The van der Waals surface area contributed by atoms with E-state index in [9.17, 15) is 4.21 Å². The van der Waals surface area contributed by atoms with Crippen molar-refractivity contribution in [2.24, 2.45) is 5.14 Å². The third-order valence-corrected chi connectivity index (χ3v) is 7.25. The first-order valence-corrected chi connectivity index (χ1v) is 12.1. The summed E-state index contributed by atoms with van der Waals surface area (Å²) in [5.41, 5.74) is 5.82. The first-order chi connectivity index (χ1) is 15.4. The van der Waals surface area contributed by atoms with E-state index in [0.29, 0.717) is 6.42 Å². The lowest BCUT2D eigenvalue weighted by Gasteiger charge is -2.29. The molecule has 0 amide bonds. The standard InChI is InChI=1S/C26H29N3O2S/c1-4-19-10-9-11-20(28-19)16-18(17-26(2,3)32(27)30)21-12-5-6-13-22(21)25-23-14-7-8-15-24(23)31-29-25/h5-15,18H,4,16-17,27H2,1-3H3/t18-,32?/m0/s1. The lowest BCUT2D eigenvalue weighted by molar-refractivity contribution is 0.459. The summed E-state index contributed by atoms with van der Waals surface area (Å²) in [5, 5.41) is 11.2. The molecule has 2 aromatic heterocycles. The Morgan fingerprint density at radius 2 is 1.72 bits per heavy atom. The molecule has 0 radical (unpaired) electrons. The van der Waals surface area contributed by atoms with E-state index >= 15 is 0 Å². The zero-order valence-corrected chi connectivity index (χ0v) is 19.6. The fourth-order valence-corrected chi connectivity index (χ4v) is 4.57. The fraction of sp³-hybridized carbons (Fsp3) is 0.308. The number of benzene rings is 2. The molecule has 2 aromatic carbocycles. The van der Waals surface area contributed by atoms with Gasteiger partial charge in [-0.05, 0) is 68.9 Å². The topological polar surface area (TPSA) is 82.0 Å². The van der Waals surface area contributed by atoms with Crippen molar-refractivity contribution in [1.29, 1.82) is 0 Å². The van der Waals surface area contributed by atoms with Crippen LogP contribution in [0.1, 0.15) is 50.1 Å². The van der Waals surface area contributed by atoms with Crippen LogP contribution in [0, 0.1) is 0 Å². The van der Waals surface area contributed by atoms with Gasteiger partial charge < -0.3 is 4.52 Å². The minimum Gasteiger partial charge on any atom is -0.356 e. The van der Waals surface area contributed by atoms with Gasteiger partial charge in [-0.25, -0.2) is 4.21 Å². The Kier molecular flexibility index (Phi) is 6.53. The van der Waals surface area contributed by atoms with Crippen LogP contribution < -0.4 is 5.14 Å².